The van der Waals surface area contributed by atoms with Gasteiger partial charge in [-0.2, -0.15) is 0 Å². The Morgan fingerprint density at radius 3 is 2.56 bits per heavy atom. The summed E-state index contributed by atoms with van der Waals surface area (Å²) in [5.74, 6) is -0.366. The van der Waals surface area contributed by atoms with Crippen LogP contribution >= 0.6 is 0 Å². The Hall–Kier alpha value is -1.59. The molecule has 1 fully saturated rings. The molecule has 2 heterocycles. The molecule has 1 aliphatic rings. The molecule has 0 aromatic carbocycles. The van der Waals surface area contributed by atoms with Crippen LogP contribution in [0.3, 0.4) is 0 Å². The zero-order valence-corrected chi connectivity index (χ0v) is 8.87. The molecule has 0 aliphatic carbocycles. The summed E-state index contributed by atoms with van der Waals surface area (Å²) < 4.78 is 5.58. The van der Waals surface area contributed by atoms with Gasteiger partial charge < -0.3 is 9.64 Å². The molecule has 0 unspecified atom stereocenters. The molecule has 1 aliphatic heterocycles. The second kappa shape index (κ2) is 4.96. The van der Waals surface area contributed by atoms with Crippen LogP contribution in [0.2, 0.25) is 0 Å². The number of piperidine rings is 1. The number of ether oxygens (including phenoxy) is 1. The van der Waals surface area contributed by atoms with E-state index in [1.165, 1.54) is 0 Å². The third kappa shape index (κ3) is 2.71. The minimum Gasteiger partial charge on any atom is -0.460 e. The summed E-state index contributed by atoms with van der Waals surface area (Å²) >= 11 is 0. The quantitative estimate of drug-likeness (QED) is 0.681. The van der Waals surface area contributed by atoms with Crippen LogP contribution < -0.4 is 4.74 Å². The van der Waals surface area contributed by atoms with E-state index >= 15 is 0 Å². The Morgan fingerprint density at radius 2 is 2.00 bits per heavy atom. The van der Waals surface area contributed by atoms with Crippen molar-refractivity contribution in [2.24, 2.45) is 0 Å². The van der Waals surface area contributed by atoms with Crippen molar-refractivity contribution in [3.05, 3.63) is 18.5 Å². The van der Waals surface area contributed by atoms with Gasteiger partial charge in [-0.25, -0.2) is 9.97 Å². The van der Waals surface area contributed by atoms with E-state index < -0.39 is 0 Å². The van der Waals surface area contributed by atoms with Gasteiger partial charge in [0.1, 0.15) is 6.10 Å². The number of hydrogen-bond donors (Lipinski definition) is 0. The van der Waals surface area contributed by atoms with Crippen molar-refractivity contribution in [2.75, 3.05) is 13.1 Å². The highest BCUT2D eigenvalue weighted by Gasteiger charge is 2.21. The summed E-state index contributed by atoms with van der Waals surface area (Å²) in [4.78, 5) is 20.5. The number of likely N-dealkylation sites (tertiary alicyclic amines) is 1. The van der Waals surface area contributed by atoms with Crippen LogP contribution in [-0.4, -0.2) is 47.7 Å². The lowest BCUT2D eigenvalue weighted by Crippen LogP contribution is -2.41. The number of carbonyl (C=O) groups excluding carboxylic acids is 1. The predicted octanol–water partition coefficient (Wildman–Crippen LogP) is 0.608. The van der Waals surface area contributed by atoms with Crippen LogP contribution in [0.1, 0.15) is 12.8 Å². The maximum absolute atomic E-state index is 10.9. The normalized spacial score (nSPS) is 17.1. The van der Waals surface area contributed by atoms with Crippen molar-refractivity contribution in [1.29, 1.82) is 0 Å². The second-order valence-electron chi connectivity index (χ2n) is 3.67. The molecule has 2 radical (unpaired) electrons. The van der Waals surface area contributed by atoms with Gasteiger partial charge >= 0.3 is 6.01 Å². The number of carbonyl (C=O) groups is 1. The Kier molecular flexibility index (Phi) is 3.39. The van der Waals surface area contributed by atoms with E-state index in [1.807, 2.05) is 0 Å². The van der Waals surface area contributed by atoms with Crippen LogP contribution in [-0.2, 0) is 0 Å². The van der Waals surface area contributed by atoms with Gasteiger partial charge in [0.15, 0.2) is 5.81 Å². The molecule has 1 saturated heterocycles. The molecule has 0 bridgehead atoms. The zero-order valence-electron chi connectivity index (χ0n) is 8.87. The lowest BCUT2D eigenvalue weighted by atomic mass is 10.0. The predicted molar refractivity (Wildman–Crippen MR) is 58.4 cm³/mol. The van der Waals surface area contributed by atoms with E-state index in [0.29, 0.717) is 19.1 Å². The van der Waals surface area contributed by atoms with Gasteiger partial charge in [0.2, 0.25) is 7.85 Å². The van der Waals surface area contributed by atoms with Gasteiger partial charge in [-0.05, 0) is 6.07 Å². The fourth-order valence-corrected chi connectivity index (χ4v) is 1.69. The fraction of sp³-hybridized carbons (Fsp3) is 0.500. The maximum Gasteiger partial charge on any atom is 0.316 e. The molecule has 0 atom stereocenters. The summed E-state index contributed by atoms with van der Waals surface area (Å²) in [5.41, 5.74) is 0. The maximum atomic E-state index is 10.9. The van der Waals surface area contributed by atoms with E-state index in [0.717, 1.165) is 12.8 Å². The van der Waals surface area contributed by atoms with Crippen molar-refractivity contribution >= 4 is 13.7 Å². The van der Waals surface area contributed by atoms with Crippen molar-refractivity contribution in [3.63, 3.8) is 0 Å². The Balaban J connectivity index is 1.84. The molecule has 5 nitrogen and oxygen atoms in total. The molecule has 6 heteroatoms. The smallest absolute Gasteiger partial charge is 0.316 e. The third-order valence-electron chi connectivity index (χ3n) is 2.57. The van der Waals surface area contributed by atoms with Gasteiger partial charge in [0.25, 0.3) is 0 Å². The SMILES string of the molecule is [B]C(=O)N1CCC(Oc2ncccn2)CC1. The first-order valence-electron chi connectivity index (χ1n) is 5.24. The van der Waals surface area contributed by atoms with Gasteiger partial charge in [-0.3, -0.25) is 4.79 Å². The zero-order chi connectivity index (χ0) is 11.4. The van der Waals surface area contributed by atoms with Crippen LogP contribution in [0.5, 0.6) is 6.01 Å². The lowest BCUT2D eigenvalue weighted by molar-refractivity contribution is 0.110. The van der Waals surface area contributed by atoms with E-state index in [4.69, 9.17) is 12.6 Å². The van der Waals surface area contributed by atoms with E-state index in [1.54, 1.807) is 23.4 Å². The van der Waals surface area contributed by atoms with E-state index in [9.17, 15) is 4.79 Å². The summed E-state index contributed by atoms with van der Waals surface area (Å²) in [6, 6.07) is 2.13. The number of hydrogen-bond acceptors (Lipinski definition) is 4. The average molecular weight is 217 g/mol. The summed E-state index contributed by atoms with van der Waals surface area (Å²) in [5, 5.41) is 0. The van der Waals surface area contributed by atoms with Crippen LogP contribution in [0, 0.1) is 0 Å². The van der Waals surface area contributed by atoms with Crippen molar-refractivity contribution in [1.82, 2.24) is 14.9 Å². The standard InChI is InChI=1S/C10H12BN3O2/c11-9(15)14-6-2-8(3-7-14)16-10-12-4-1-5-13-10/h1,4-5,8H,2-3,6-7H2. The number of rotatable bonds is 2. The van der Waals surface area contributed by atoms with Crippen molar-refractivity contribution in [3.8, 4) is 6.01 Å². The third-order valence-corrected chi connectivity index (χ3v) is 2.57. The van der Waals surface area contributed by atoms with Gasteiger partial charge in [0.05, 0.1) is 0 Å². The highest BCUT2D eigenvalue weighted by molar-refractivity contribution is 6.56. The Morgan fingerprint density at radius 1 is 1.38 bits per heavy atom. The minimum absolute atomic E-state index is 0.0676. The second-order valence-corrected chi connectivity index (χ2v) is 3.67. The fourth-order valence-electron chi connectivity index (χ4n) is 1.69. The summed E-state index contributed by atoms with van der Waals surface area (Å²) in [7, 11) is 5.19. The largest absolute Gasteiger partial charge is 0.460 e. The first-order valence-corrected chi connectivity index (χ1v) is 5.24. The Labute approximate surface area is 95.2 Å². The van der Waals surface area contributed by atoms with Crippen LogP contribution in [0.15, 0.2) is 18.5 Å². The van der Waals surface area contributed by atoms with Crippen molar-refractivity contribution < 1.29 is 9.53 Å². The molecule has 0 N–H and O–H groups in total. The number of nitrogens with zero attached hydrogens (tertiary/aromatic N) is 3. The molecular formula is C10H12BN3O2. The summed E-state index contributed by atoms with van der Waals surface area (Å²) in [6.45, 7) is 1.26. The minimum atomic E-state index is -0.366. The molecule has 82 valence electrons. The first-order chi connectivity index (χ1) is 7.75. The number of amides is 1. The van der Waals surface area contributed by atoms with Gasteiger partial charge in [-0.1, -0.05) is 0 Å². The summed E-state index contributed by atoms with van der Waals surface area (Å²) in [6.07, 6.45) is 4.88. The molecule has 0 spiro atoms. The molecule has 1 amide bonds. The monoisotopic (exact) mass is 217 g/mol. The lowest BCUT2D eigenvalue weighted by Gasteiger charge is -2.31. The highest BCUT2D eigenvalue weighted by atomic mass is 16.5. The molecule has 2 rings (SSSR count). The van der Waals surface area contributed by atoms with Crippen LogP contribution in [0.25, 0.3) is 0 Å². The molecule has 16 heavy (non-hydrogen) atoms. The average Bonchev–Trinajstić information content (AvgIpc) is 2.31. The molecular weight excluding hydrogens is 205 g/mol. The van der Waals surface area contributed by atoms with E-state index in [-0.39, 0.29) is 11.9 Å². The van der Waals surface area contributed by atoms with Crippen LogP contribution in [0.4, 0.5) is 4.79 Å². The molecule has 0 saturated carbocycles. The Bertz CT molecular complexity index is 352. The van der Waals surface area contributed by atoms with E-state index in [2.05, 4.69) is 9.97 Å². The first kappa shape index (κ1) is 10.9. The molecule has 1 aromatic heterocycles. The van der Waals surface area contributed by atoms with Gasteiger partial charge in [-0.15, -0.1) is 0 Å². The molecule has 1 aromatic rings. The highest BCUT2D eigenvalue weighted by Crippen LogP contribution is 2.15. The van der Waals surface area contributed by atoms with Gasteiger partial charge in [0, 0.05) is 38.3 Å². The van der Waals surface area contributed by atoms with Crippen molar-refractivity contribution in [2.45, 2.75) is 18.9 Å². The number of aromatic nitrogens is 2. The topological polar surface area (TPSA) is 55.3 Å².